The molecule has 0 bridgehead atoms. The Kier molecular flexibility index (Phi) is 5.00. The summed E-state index contributed by atoms with van der Waals surface area (Å²) < 4.78 is 0.928. The van der Waals surface area contributed by atoms with Crippen molar-refractivity contribution in [3.63, 3.8) is 0 Å². The third-order valence-corrected chi connectivity index (χ3v) is 4.38. The van der Waals surface area contributed by atoms with Gasteiger partial charge in [-0.15, -0.1) is 11.3 Å². The lowest BCUT2D eigenvalue weighted by atomic mass is 10.1. The van der Waals surface area contributed by atoms with Crippen LogP contribution in [0.3, 0.4) is 0 Å². The smallest absolute Gasteiger partial charge is 0.101 e. The average Bonchev–Trinajstić information content (AvgIpc) is 2.94. The van der Waals surface area contributed by atoms with Gasteiger partial charge in [-0.05, 0) is 36.1 Å². The number of nitrogens with one attached hydrogen (secondary N) is 1. The molecule has 1 heterocycles. The molecule has 19 heavy (non-hydrogen) atoms. The summed E-state index contributed by atoms with van der Waals surface area (Å²) in [5.74, 6) is 0. The minimum absolute atomic E-state index is 0.276. The Morgan fingerprint density at radius 2 is 2.26 bits per heavy atom. The van der Waals surface area contributed by atoms with Crippen molar-refractivity contribution in [2.45, 2.75) is 25.8 Å². The number of benzene rings is 1. The molecule has 0 spiro atoms. The maximum absolute atomic E-state index is 9.21. The summed E-state index contributed by atoms with van der Waals surface area (Å²) in [6.45, 7) is 2.18. The van der Waals surface area contributed by atoms with E-state index in [0.717, 1.165) is 23.0 Å². The molecule has 0 saturated heterocycles. The minimum atomic E-state index is 0.276. The molecule has 1 atom stereocenters. The van der Waals surface area contributed by atoms with E-state index >= 15 is 0 Å². The number of nitrogens with zero attached hydrogens (tertiary/aromatic N) is 1. The maximum Gasteiger partial charge on any atom is 0.101 e. The monoisotopic (exact) mass is 334 g/mol. The zero-order valence-electron chi connectivity index (χ0n) is 10.7. The molecule has 0 amide bonds. The van der Waals surface area contributed by atoms with Crippen LogP contribution in [-0.4, -0.2) is 0 Å². The van der Waals surface area contributed by atoms with Crippen molar-refractivity contribution in [1.82, 2.24) is 0 Å². The SMILES string of the molecule is CCCC(Nc1ccc(Br)cc1C#N)c1cccs1. The highest BCUT2D eigenvalue weighted by Crippen LogP contribution is 2.29. The first-order valence-corrected chi connectivity index (χ1v) is 7.91. The van der Waals surface area contributed by atoms with Crippen molar-refractivity contribution in [3.8, 4) is 6.07 Å². The van der Waals surface area contributed by atoms with E-state index in [1.165, 1.54) is 4.88 Å². The Labute approximate surface area is 126 Å². The van der Waals surface area contributed by atoms with Crippen LogP contribution in [0.1, 0.15) is 36.2 Å². The van der Waals surface area contributed by atoms with Crippen molar-refractivity contribution in [2.24, 2.45) is 0 Å². The van der Waals surface area contributed by atoms with Crippen LogP contribution in [0.4, 0.5) is 5.69 Å². The van der Waals surface area contributed by atoms with E-state index in [-0.39, 0.29) is 6.04 Å². The van der Waals surface area contributed by atoms with Gasteiger partial charge in [-0.2, -0.15) is 5.26 Å². The molecule has 98 valence electrons. The van der Waals surface area contributed by atoms with Gasteiger partial charge >= 0.3 is 0 Å². The Hall–Kier alpha value is -1.31. The zero-order chi connectivity index (χ0) is 13.7. The van der Waals surface area contributed by atoms with Crippen LogP contribution in [0.25, 0.3) is 0 Å². The van der Waals surface area contributed by atoms with Crippen molar-refractivity contribution in [3.05, 3.63) is 50.6 Å². The molecule has 0 aliphatic heterocycles. The summed E-state index contributed by atoms with van der Waals surface area (Å²) >= 11 is 5.15. The predicted molar refractivity (Wildman–Crippen MR) is 84.4 cm³/mol. The van der Waals surface area contributed by atoms with Crippen LogP contribution in [0.15, 0.2) is 40.2 Å². The molecule has 0 fully saturated rings. The second kappa shape index (κ2) is 6.74. The Morgan fingerprint density at radius 3 is 2.89 bits per heavy atom. The highest BCUT2D eigenvalue weighted by atomic mass is 79.9. The van der Waals surface area contributed by atoms with E-state index in [4.69, 9.17) is 0 Å². The summed E-state index contributed by atoms with van der Waals surface area (Å²) in [6.07, 6.45) is 2.16. The van der Waals surface area contributed by atoms with E-state index in [0.29, 0.717) is 5.56 Å². The van der Waals surface area contributed by atoms with Gasteiger partial charge in [-0.3, -0.25) is 0 Å². The van der Waals surface area contributed by atoms with Crippen LogP contribution in [0.2, 0.25) is 0 Å². The summed E-state index contributed by atoms with van der Waals surface area (Å²) in [6, 6.07) is 12.5. The molecular formula is C15H15BrN2S. The molecule has 4 heteroatoms. The fourth-order valence-corrected chi connectivity index (χ4v) is 3.16. The van der Waals surface area contributed by atoms with Crippen LogP contribution < -0.4 is 5.32 Å². The van der Waals surface area contributed by atoms with E-state index in [9.17, 15) is 5.26 Å². The minimum Gasteiger partial charge on any atom is -0.376 e. The number of hydrogen-bond donors (Lipinski definition) is 1. The summed E-state index contributed by atoms with van der Waals surface area (Å²) in [7, 11) is 0. The van der Waals surface area contributed by atoms with Crippen molar-refractivity contribution >= 4 is 33.0 Å². The van der Waals surface area contributed by atoms with Gasteiger partial charge in [0.25, 0.3) is 0 Å². The van der Waals surface area contributed by atoms with Gasteiger partial charge < -0.3 is 5.32 Å². The van der Waals surface area contributed by atoms with Crippen LogP contribution in [0, 0.1) is 11.3 Å². The second-order valence-electron chi connectivity index (χ2n) is 4.30. The number of rotatable bonds is 5. The number of nitriles is 1. The first kappa shape index (κ1) is 14.1. The van der Waals surface area contributed by atoms with Crippen LogP contribution in [0.5, 0.6) is 0 Å². The summed E-state index contributed by atoms with van der Waals surface area (Å²) in [5, 5.41) is 14.8. The molecule has 2 rings (SSSR count). The molecule has 0 aliphatic rings. The third-order valence-electron chi connectivity index (χ3n) is 2.90. The Morgan fingerprint density at radius 1 is 1.42 bits per heavy atom. The van der Waals surface area contributed by atoms with Crippen molar-refractivity contribution in [1.29, 1.82) is 5.26 Å². The highest BCUT2D eigenvalue weighted by molar-refractivity contribution is 9.10. The number of hydrogen-bond acceptors (Lipinski definition) is 3. The van der Waals surface area contributed by atoms with Gasteiger partial charge in [-0.1, -0.05) is 35.3 Å². The lowest BCUT2D eigenvalue weighted by Crippen LogP contribution is -2.10. The lowest BCUT2D eigenvalue weighted by Gasteiger charge is -2.19. The molecule has 0 radical (unpaired) electrons. The van der Waals surface area contributed by atoms with Crippen LogP contribution >= 0.6 is 27.3 Å². The van der Waals surface area contributed by atoms with E-state index in [1.54, 1.807) is 11.3 Å². The largest absolute Gasteiger partial charge is 0.376 e. The molecule has 2 aromatic rings. The standard InChI is InChI=1S/C15H15BrN2S/c1-2-4-14(15-5-3-8-19-15)18-13-7-6-12(16)9-11(13)10-17/h3,5-9,14,18H,2,4H2,1H3. The average molecular weight is 335 g/mol. The van der Waals surface area contributed by atoms with Crippen molar-refractivity contribution in [2.75, 3.05) is 5.32 Å². The van der Waals surface area contributed by atoms with E-state index in [2.05, 4.69) is 51.8 Å². The van der Waals surface area contributed by atoms with Crippen LogP contribution in [-0.2, 0) is 0 Å². The van der Waals surface area contributed by atoms with Gasteiger partial charge in [0.05, 0.1) is 17.3 Å². The number of anilines is 1. The van der Waals surface area contributed by atoms with E-state index < -0.39 is 0 Å². The topological polar surface area (TPSA) is 35.8 Å². The number of thiophene rings is 1. The fraction of sp³-hybridized carbons (Fsp3) is 0.267. The predicted octanol–water partition coefficient (Wildman–Crippen LogP) is 5.34. The second-order valence-corrected chi connectivity index (χ2v) is 6.20. The molecule has 1 aromatic carbocycles. The van der Waals surface area contributed by atoms with Gasteiger partial charge in [-0.25, -0.2) is 0 Å². The van der Waals surface area contributed by atoms with E-state index in [1.807, 2.05) is 18.2 Å². The molecule has 1 unspecified atom stereocenters. The number of halogens is 1. The first-order valence-electron chi connectivity index (χ1n) is 6.24. The third kappa shape index (κ3) is 3.59. The summed E-state index contributed by atoms with van der Waals surface area (Å²) in [5.41, 5.74) is 1.57. The molecular weight excluding hydrogens is 320 g/mol. The highest BCUT2D eigenvalue weighted by Gasteiger charge is 2.13. The molecule has 1 N–H and O–H groups in total. The van der Waals surface area contributed by atoms with Gasteiger partial charge in [0, 0.05) is 9.35 Å². The quantitative estimate of drug-likeness (QED) is 0.801. The molecule has 0 aliphatic carbocycles. The molecule has 1 aromatic heterocycles. The normalized spacial score (nSPS) is 11.8. The lowest BCUT2D eigenvalue weighted by molar-refractivity contribution is 0.687. The van der Waals surface area contributed by atoms with Crippen molar-refractivity contribution < 1.29 is 0 Å². The summed E-state index contributed by atoms with van der Waals surface area (Å²) in [4.78, 5) is 1.31. The van der Waals surface area contributed by atoms with Gasteiger partial charge in [0.15, 0.2) is 0 Å². The molecule has 2 nitrogen and oxygen atoms in total. The van der Waals surface area contributed by atoms with Gasteiger partial charge in [0.2, 0.25) is 0 Å². The first-order chi connectivity index (χ1) is 9.24. The Balaban J connectivity index is 2.25. The van der Waals surface area contributed by atoms with Gasteiger partial charge in [0.1, 0.15) is 6.07 Å². The Bertz CT molecular complexity index is 572. The fourth-order valence-electron chi connectivity index (χ4n) is 1.99. The zero-order valence-corrected chi connectivity index (χ0v) is 13.1. The molecule has 0 saturated carbocycles. The maximum atomic E-state index is 9.21.